The number of ether oxygens (including phenoxy) is 1. The van der Waals surface area contributed by atoms with Gasteiger partial charge in [0.15, 0.2) is 0 Å². The van der Waals surface area contributed by atoms with E-state index >= 15 is 0 Å². The van der Waals surface area contributed by atoms with Crippen molar-refractivity contribution >= 4 is 22.0 Å². The first-order valence-corrected chi connectivity index (χ1v) is 13.4. The van der Waals surface area contributed by atoms with E-state index in [-0.39, 0.29) is 11.7 Å². The molecule has 0 bridgehead atoms. The summed E-state index contributed by atoms with van der Waals surface area (Å²) in [4.78, 5) is 24.9. The van der Waals surface area contributed by atoms with Gasteiger partial charge in [0, 0.05) is 38.8 Å². The van der Waals surface area contributed by atoms with E-state index in [4.69, 9.17) is 24.5 Å². The second-order valence-corrected chi connectivity index (χ2v) is 10.8. The van der Waals surface area contributed by atoms with E-state index in [1.807, 2.05) is 18.3 Å². The average Bonchev–Trinajstić information content (AvgIpc) is 2.88. The molecule has 3 N–H and O–H groups in total. The SMILES string of the molecule is O=C(O)C(F)(F)F.O=C(O)C(F)(F)F.O=S(=O)(NCC1CC2(CCN(Cc3ccccn3)CC2)O1)c1ccccc1. The van der Waals surface area contributed by atoms with Crippen molar-refractivity contribution in [2.45, 2.75) is 54.8 Å². The van der Waals surface area contributed by atoms with Gasteiger partial charge in [-0.1, -0.05) is 24.3 Å². The number of alkyl halides is 6. The second kappa shape index (κ2) is 14.1. The van der Waals surface area contributed by atoms with Crippen LogP contribution in [-0.4, -0.2) is 84.1 Å². The molecule has 0 aliphatic carbocycles. The molecule has 10 nitrogen and oxygen atoms in total. The number of sulfonamides is 1. The molecule has 17 heteroatoms. The minimum absolute atomic E-state index is 0.0363. The number of carboxylic acids is 2. The van der Waals surface area contributed by atoms with Crippen molar-refractivity contribution in [3.63, 3.8) is 0 Å². The summed E-state index contributed by atoms with van der Waals surface area (Å²) in [6.45, 7) is 3.17. The van der Waals surface area contributed by atoms with Crippen LogP contribution in [0.15, 0.2) is 59.6 Å². The van der Waals surface area contributed by atoms with E-state index in [0.29, 0.717) is 11.4 Å². The van der Waals surface area contributed by atoms with Crippen molar-refractivity contribution < 1.29 is 59.3 Å². The second-order valence-electron chi connectivity index (χ2n) is 8.99. The Morgan fingerprint density at radius 1 is 0.951 bits per heavy atom. The van der Waals surface area contributed by atoms with Gasteiger partial charge in [-0.05, 0) is 37.1 Å². The summed E-state index contributed by atoms with van der Waals surface area (Å²) in [5, 5.41) is 14.2. The average molecular weight is 616 g/mol. The number of carboxylic acid groups (broad SMARTS) is 2. The van der Waals surface area contributed by atoms with Crippen molar-refractivity contribution in [1.29, 1.82) is 0 Å². The number of nitrogens with zero attached hydrogens (tertiary/aromatic N) is 2. The number of hydrogen-bond acceptors (Lipinski definition) is 7. The molecular weight excluding hydrogens is 588 g/mol. The van der Waals surface area contributed by atoms with Crippen LogP contribution in [0.25, 0.3) is 0 Å². The lowest BCUT2D eigenvalue weighted by Gasteiger charge is -2.52. The predicted molar refractivity (Wildman–Crippen MR) is 130 cm³/mol. The molecule has 1 aromatic heterocycles. The Labute approximate surface area is 231 Å². The number of pyridine rings is 1. The summed E-state index contributed by atoms with van der Waals surface area (Å²) in [6, 6.07) is 14.5. The van der Waals surface area contributed by atoms with Gasteiger partial charge < -0.3 is 14.9 Å². The number of carbonyl (C=O) groups is 2. The number of rotatable bonds is 6. The molecule has 4 rings (SSSR count). The largest absolute Gasteiger partial charge is 0.490 e. The van der Waals surface area contributed by atoms with Gasteiger partial charge in [0.05, 0.1) is 22.3 Å². The lowest BCUT2D eigenvalue weighted by molar-refractivity contribution is -0.222. The number of benzene rings is 1. The third kappa shape index (κ3) is 11.3. The van der Waals surface area contributed by atoms with Crippen LogP contribution in [0.5, 0.6) is 0 Å². The molecule has 2 aliphatic heterocycles. The molecule has 0 saturated carbocycles. The Hall–Kier alpha value is -3.28. The Morgan fingerprint density at radius 2 is 1.44 bits per heavy atom. The Balaban J connectivity index is 0.000000349. The van der Waals surface area contributed by atoms with E-state index < -0.39 is 34.3 Å². The Morgan fingerprint density at radius 3 is 1.88 bits per heavy atom. The van der Waals surface area contributed by atoms with Crippen LogP contribution in [0.1, 0.15) is 25.0 Å². The van der Waals surface area contributed by atoms with Crippen molar-refractivity contribution in [1.82, 2.24) is 14.6 Å². The molecule has 1 aromatic carbocycles. The van der Waals surface area contributed by atoms with Crippen LogP contribution >= 0.6 is 0 Å². The van der Waals surface area contributed by atoms with E-state index in [9.17, 15) is 34.8 Å². The Kier molecular flexibility index (Phi) is 11.6. The molecule has 228 valence electrons. The highest BCUT2D eigenvalue weighted by molar-refractivity contribution is 7.89. The van der Waals surface area contributed by atoms with E-state index in [2.05, 4.69) is 20.7 Å². The minimum atomic E-state index is -5.08. The van der Waals surface area contributed by atoms with Crippen molar-refractivity contribution in [3.05, 3.63) is 60.4 Å². The Bertz CT molecular complexity index is 1210. The molecule has 1 unspecified atom stereocenters. The normalized spacial score (nSPS) is 18.6. The maximum Gasteiger partial charge on any atom is 0.490 e. The zero-order chi connectivity index (χ0) is 30.9. The first-order valence-electron chi connectivity index (χ1n) is 11.9. The molecule has 1 atom stereocenters. The quantitative estimate of drug-likeness (QED) is 0.416. The third-order valence-electron chi connectivity index (χ3n) is 5.93. The fourth-order valence-electron chi connectivity index (χ4n) is 3.92. The lowest BCUT2D eigenvalue weighted by atomic mass is 9.80. The van der Waals surface area contributed by atoms with Crippen molar-refractivity contribution in [2.24, 2.45) is 0 Å². The number of hydrogen-bond donors (Lipinski definition) is 3. The summed E-state index contributed by atoms with van der Waals surface area (Å²) < 4.78 is 96.8. The highest BCUT2D eigenvalue weighted by Crippen LogP contribution is 2.41. The van der Waals surface area contributed by atoms with Crippen LogP contribution < -0.4 is 4.72 Å². The fraction of sp³-hybridized carbons (Fsp3) is 0.458. The van der Waals surface area contributed by atoms with E-state index in [1.54, 1.807) is 30.3 Å². The standard InChI is InChI=1S/C20H25N3O3S.2C2HF3O2/c24-27(25,19-7-2-1-3-8-19)22-15-18-14-20(26-18)9-12-23(13-10-20)16-17-6-4-5-11-21-17;2*3-2(4,5)1(6)7/h1-8,11,18,22H,9-10,12-16H2;2*(H,6,7). The maximum atomic E-state index is 12.3. The smallest absolute Gasteiger partial charge is 0.475 e. The summed E-state index contributed by atoms with van der Waals surface area (Å²) >= 11 is 0. The van der Waals surface area contributed by atoms with Crippen molar-refractivity contribution in [2.75, 3.05) is 19.6 Å². The van der Waals surface area contributed by atoms with Gasteiger partial charge in [0.25, 0.3) is 0 Å². The number of aliphatic carboxylic acids is 2. The number of halogens is 6. The highest BCUT2D eigenvalue weighted by Gasteiger charge is 2.47. The molecule has 41 heavy (non-hydrogen) atoms. The van der Waals surface area contributed by atoms with Crippen LogP contribution in [0.3, 0.4) is 0 Å². The molecule has 2 fully saturated rings. The van der Waals surface area contributed by atoms with Gasteiger partial charge in [0.1, 0.15) is 0 Å². The van der Waals surface area contributed by atoms with Crippen LogP contribution in [-0.2, 0) is 30.9 Å². The fourth-order valence-corrected chi connectivity index (χ4v) is 5.01. The van der Waals surface area contributed by atoms with E-state index in [0.717, 1.165) is 44.6 Å². The molecular formula is C24H27F6N3O7S. The molecule has 1 spiro atoms. The van der Waals surface area contributed by atoms with Gasteiger partial charge in [-0.2, -0.15) is 26.3 Å². The molecule has 0 radical (unpaired) electrons. The van der Waals surface area contributed by atoms with Gasteiger partial charge in [-0.25, -0.2) is 22.7 Å². The number of piperidine rings is 1. The topological polar surface area (TPSA) is 146 Å². The van der Waals surface area contributed by atoms with Crippen LogP contribution in [0.2, 0.25) is 0 Å². The van der Waals surface area contributed by atoms with Gasteiger partial charge in [-0.3, -0.25) is 9.88 Å². The van der Waals surface area contributed by atoms with E-state index in [1.165, 1.54) is 0 Å². The van der Waals surface area contributed by atoms with Gasteiger partial charge in [0.2, 0.25) is 10.0 Å². The molecule has 2 aliphatic rings. The zero-order valence-corrected chi connectivity index (χ0v) is 22.0. The van der Waals surface area contributed by atoms with Crippen LogP contribution in [0, 0.1) is 0 Å². The number of nitrogens with one attached hydrogen (secondary N) is 1. The lowest BCUT2D eigenvalue weighted by Crippen LogP contribution is -2.58. The summed E-state index contributed by atoms with van der Waals surface area (Å²) in [5.74, 6) is -5.51. The van der Waals surface area contributed by atoms with Gasteiger partial charge in [-0.15, -0.1) is 0 Å². The molecule has 3 heterocycles. The van der Waals surface area contributed by atoms with Crippen LogP contribution in [0.4, 0.5) is 26.3 Å². The minimum Gasteiger partial charge on any atom is -0.475 e. The number of aromatic nitrogens is 1. The summed E-state index contributed by atoms with van der Waals surface area (Å²) in [7, 11) is -3.46. The van der Waals surface area contributed by atoms with Crippen molar-refractivity contribution in [3.8, 4) is 0 Å². The highest BCUT2D eigenvalue weighted by atomic mass is 32.2. The monoisotopic (exact) mass is 615 g/mol. The maximum absolute atomic E-state index is 12.3. The zero-order valence-electron chi connectivity index (χ0n) is 21.2. The molecule has 0 amide bonds. The predicted octanol–water partition coefficient (Wildman–Crippen LogP) is 3.45. The molecule has 2 aromatic rings. The van der Waals surface area contributed by atoms with Gasteiger partial charge >= 0.3 is 24.3 Å². The summed E-state index contributed by atoms with van der Waals surface area (Å²) in [5.41, 5.74) is 1.03. The third-order valence-corrected chi connectivity index (χ3v) is 7.37. The first-order chi connectivity index (χ1) is 18.9. The molecule has 2 saturated heterocycles. The summed E-state index contributed by atoms with van der Waals surface area (Å²) in [6.07, 6.45) is -5.48. The first kappa shape index (κ1) is 33.9. The number of likely N-dealkylation sites (tertiary alicyclic amines) is 1.